The number of anilines is 1. The maximum absolute atomic E-state index is 6.24. The van der Waals surface area contributed by atoms with Gasteiger partial charge < -0.3 is 10.1 Å². The molecule has 2 aliphatic heterocycles. The number of rotatable bonds is 4. The van der Waals surface area contributed by atoms with E-state index < -0.39 is 0 Å². The van der Waals surface area contributed by atoms with Crippen molar-refractivity contribution >= 4 is 5.95 Å². The van der Waals surface area contributed by atoms with E-state index in [1.54, 1.807) is 12.4 Å². The van der Waals surface area contributed by atoms with Gasteiger partial charge in [-0.1, -0.05) is 6.07 Å². The summed E-state index contributed by atoms with van der Waals surface area (Å²) in [5, 5.41) is 3.47. The van der Waals surface area contributed by atoms with Gasteiger partial charge in [-0.3, -0.25) is 9.88 Å². The fraction of sp³-hybridized carbons (Fsp3) is 0.526. The highest BCUT2D eigenvalue weighted by atomic mass is 16.5. The third-order valence-electron chi connectivity index (χ3n) is 5.12. The van der Waals surface area contributed by atoms with Gasteiger partial charge in [-0.15, -0.1) is 0 Å². The van der Waals surface area contributed by atoms with Crippen LogP contribution >= 0.6 is 0 Å². The average molecular weight is 339 g/mol. The van der Waals surface area contributed by atoms with Gasteiger partial charge in [0.05, 0.1) is 11.3 Å². The summed E-state index contributed by atoms with van der Waals surface area (Å²) >= 11 is 0. The smallest absolute Gasteiger partial charge is 0.222 e. The number of likely N-dealkylation sites (tertiary alicyclic amines) is 1. The minimum absolute atomic E-state index is 0.0471. The van der Waals surface area contributed by atoms with Crippen molar-refractivity contribution in [1.82, 2.24) is 19.9 Å². The van der Waals surface area contributed by atoms with Crippen molar-refractivity contribution in [2.24, 2.45) is 0 Å². The molecule has 132 valence electrons. The number of pyridine rings is 1. The molecule has 2 aromatic rings. The number of aromatic nitrogens is 3. The molecule has 0 amide bonds. The molecule has 25 heavy (non-hydrogen) atoms. The van der Waals surface area contributed by atoms with Crippen LogP contribution in [0.2, 0.25) is 0 Å². The van der Waals surface area contributed by atoms with E-state index in [1.165, 1.54) is 0 Å². The average Bonchev–Trinajstić information content (AvgIpc) is 2.97. The largest absolute Gasteiger partial charge is 0.373 e. The number of hydrogen-bond donors (Lipinski definition) is 1. The highest BCUT2D eigenvalue weighted by Gasteiger charge is 2.43. The van der Waals surface area contributed by atoms with Crippen LogP contribution < -0.4 is 5.32 Å². The molecule has 6 nitrogen and oxygen atoms in total. The van der Waals surface area contributed by atoms with Crippen molar-refractivity contribution in [3.05, 3.63) is 48.0 Å². The summed E-state index contributed by atoms with van der Waals surface area (Å²) in [4.78, 5) is 15.7. The minimum atomic E-state index is -0.0471. The number of nitrogens with one attached hydrogen (secondary N) is 1. The SMILES string of the molecule is Cc1cccc(CN2CC[C@@]3(C[C@@H](Nc4ncccn4)CCO3)C2)n1. The molecule has 0 unspecified atom stereocenters. The molecule has 4 heterocycles. The summed E-state index contributed by atoms with van der Waals surface area (Å²) in [7, 11) is 0. The maximum Gasteiger partial charge on any atom is 0.222 e. The van der Waals surface area contributed by atoms with Crippen LogP contribution in [0.15, 0.2) is 36.7 Å². The molecule has 0 aromatic carbocycles. The Balaban J connectivity index is 1.37. The summed E-state index contributed by atoms with van der Waals surface area (Å²) in [5.41, 5.74) is 2.17. The standard InChI is InChI=1S/C19H25N5O/c1-15-4-2-5-17(22-15)13-24-10-7-19(14-24)12-16(6-11-25-19)23-18-20-8-3-9-21-18/h2-5,8-9,16H,6-7,10-14H2,1H3,(H,20,21,23)/t16-,19+/m0/s1. The molecule has 2 fully saturated rings. The second-order valence-corrected chi connectivity index (χ2v) is 7.17. The lowest BCUT2D eigenvalue weighted by Gasteiger charge is -2.38. The first-order valence-electron chi connectivity index (χ1n) is 9.03. The monoisotopic (exact) mass is 339 g/mol. The Morgan fingerprint density at radius 2 is 2.16 bits per heavy atom. The molecule has 2 aliphatic rings. The second-order valence-electron chi connectivity index (χ2n) is 7.17. The van der Waals surface area contributed by atoms with Crippen molar-refractivity contribution in [3.8, 4) is 0 Å². The highest BCUT2D eigenvalue weighted by Crippen LogP contribution is 2.35. The lowest BCUT2D eigenvalue weighted by Crippen LogP contribution is -2.46. The first-order valence-corrected chi connectivity index (χ1v) is 9.03. The molecular weight excluding hydrogens is 314 g/mol. The summed E-state index contributed by atoms with van der Waals surface area (Å²) < 4.78 is 6.24. The first-order chi connectivity index (χ1) is 12.2. The molecular formula is C19H25N5O. The van der Waals surface area contributed by atoms with Gasteiger partial charge in [0.25, 0.3) is 0 Å². The minimum Gasteiger partial charge on any atom is -0.373 e. The van der Waals surface area contributed by atoms with Crippen LogP contribution in [0.4, 0.5) is 5.95 Å². The predicted octanol–water partition coefficient (Wildman–Crippen LogP) is 2.42. The Hall–Kier alpha value is -2.05. The lowest BCUT2D eigenvalue weighted by atomic mass is 9.89. The zero-order valence-corrected chi connectivity index (χ0v) is 14.7. The van der Waals surface area contributed by atoms with Crippen molar-refractivity contribution in [1.29, 1.82) is 0 Å². The van der Waals surface area contributed by atoms with E-state index >= 15 is 0 Å². The van der Waals surface area contributed by atoms with Gasteiger partial charge in [-0.05, 0) is 44.4 Å². The van der Waals surface area contributed by atoms with Gasteiger partial charge >= 0.3 is 0 Å². The second kappa shape index (κ2) is 7.06. The topological polar surface area (TPSA) is 63.2 Å². The Morgan fingerprint density at radius 1 is 1.28 bits per heavy atom. The first kappa shape index (κ1) is 16.4. The van der Waals surface area contributed by atoms with E-state index in [0.717, 1.165) is 56.9 Å². The van der Waals surface area contributed by atoms with Gasteiger partial charge in [0, 0.05) is 50.4 Å². The Bertz CT molecular complexity index is 710. The van der Waals surface area contributed by atoms with Gasteiger partial charge in [0.15, 0.2) is 0 Å². The van der Waals surface area contributed by atoms with Crippen molar-refractivity contribution in [2.45, 2.75) is 44.4 Å². The molecule has 2 atom stereocenters. The van der Waals surface area contributed by atoms with E-state index in [9.17, 15) is 0 Å². The molecule has 0 aliphatic carbocycles. The molecule has 4 rings (SSSR count). The number of nitrogens with zero attached hydrogens (tertiary/aromatic N) is 4. The molecule has 0 saturated carbocycles. The van der Waals surface area contributed by atoms with E-state index in [2.05, 4.69) is 37.3 Å². The normalized spacial score (nSPS) is 26.8. The lowest BCUT2D eigenvalue weighted by molar-refractivity contribution is -0.0738. The zero-order valence-electron chi connectivity index (χ0n) is 14.7. The van der Waals surface area contributed by atoms with E-state index in [4.69, 9.17) is 4.74 Å². The number of ether oxygens (including phenoxy) is 1. The highest BCUT2D eigenvalue weighted by molar-refractivity contribution is 5.25. The Labute approximate surface area is 148 Å². The van der Waals surface area contributed by atoms with E-state index in [0.29, 0.717) is 12.0 Å². The van der Waals surface area contributed by atoms with Crippen molar-refractivity contribution in [2.75, 3.05) is 25.0 Å². The van der Waals surface area contributed by atoms with Crippen LogP contribution in [-0.4, -0.2) is 51.2 Å². The Kier molecular flexibility index (Phi) is 4.63. The quantitative estimate of drug-likeness (QED) is 0.923. The summed E-state index contributed by atoms with van der Waals surface area (Å²) in [6, 6.07) is 8.44. The number of aryl methyl sites for hydroxylation is 1. The van der Waals surface area contributed by atoms with Crippen LogP contribution in [0.1, 0.15) is 30.7 Å². The van der Waals surface area contributed by atoms with Crippen LogP contribution in [0, 0.1) is 6.92 Å². The fourth-order valence-electron chi connectivity index (χ4n) is 3.97. The third-order valence-corrected chi connectivity index (χ3v) is 5.12. The summed E-state index contributed by atoms with van der Waals surface area (Å²) in [5.74, 6) is 0.711. The molecule has 1 N–H and O–H groups in total. The van der Waals surface area contributed by atoms with Crippen LogP contribution in [0.25, 0.3) is 0 Å². The fourth-order valence-corrected chi connectivity index (χ4v) is 3.97. The Morgan fingerprint density at radius 3 is 3.00 bits per heavy atom. The van der Waals surface area contributed by atoms with E-state index in [1.807, 2.05) is 19.1 Å². The molecule has 2 saturated heterocycles. The van der Waals surface area contributed by atoms with Gasteiger partial charge in [0.2, 0.25) is 5.95 Å². The third kappa shape index (κ3) is 3.96. The van der Waals surface area contributed by atoms with Crippen LogP contribution in [0.3, 0.4) is 0 Å². The predicted molar refractivity (Wildman–Crippen MR) is 96.2 cm³/mol. The molecule has 0 bridgehead atoms. The van der Waals surface area contributed by atoms with Crippen molar-refractivity contribution < 1.29 is 4.74 Å². The van der Waals surface area contributed by atoms with Gasteiger partial charge in [-0.25, -0.2) is 9.97 Å². The molecule has 2 aromatic heterocycles. The summed E-state index contributed by atoms with van der Waals surface area (Å²) in [6.45, 7) is 5.76. The van der Waals surface area contributed by atoms with Crippen LogP contribution in [-0.2, 0) is 11.3 Å². The van der Waals surface area contributed by atoms with Crippen LogP contribution in [0.5, 0.6) is 0 Å². The van der Waals surface area contributed by atoms with Gasteiger partial charge in [-0.2, -0.15) is 0 Å². The zero-order chi connectivity index (χ0) is 17.1. The molecule has 6 heteroatoms. The van der Waals surface area contributed by atoms with Crippen molar-refractivity contribution in [3.63, 3.8) is 0 Å². The molecule has 1 spiro atoms. The molecule has 0 radical (unpaired) electrons. The van der Waals surface area contributed by atoms with Gasteiger partial charge in [0.1, 0.15) is 0 Å². The maximum atomic E-state index is 6.24. The van der Waals surface area contributed by atoms with E-state index in [-0.39, 0.29) is 5.60 Å². The number of hydrogen-bond acceptors (Lipinski definition) is 6. The summed E-state index contributed by atoms with van der Waals surface area (Å²) in [6.07, 6.45) is 6.63.